The highest BCUT2D eigenvalue weighted by Gasteiger charge is 2.36. The van der Waals surface area contributed by atoms with Crippen molar-refractivity contribution in [3.63, 3.8) is 0 Å². The molecular formula is C20H18ClFN2O4. The quantitative estimate of drug-likeness (QED) is 0.776. The Morgan fingerprint density at radius 2 is 1.96 bits per heavy atom. The predicted octanol–water partition coefficient (Wildman–Crippen LogP) is 3.32. The van der Waals surface area contributed by atoms with Crippen molar-refractivity contribution in [1.82, 2.24) is 0 Å². The van der Waals surface area contributed by atoms with Gasteiger partial charge in [-0.2, -0.15) is 0 Å². The topological polar surface area (TPSA) is 75.7 Å². The van der Waals surface area contributed by atoms with Gasteiger partial charge in [0, 0.05) is 29.4 Å². The van der Waals surface area contributed by atoms with E-state index in [1.165, 1.54) is 29.2 Å². The molecule has 0 bridgehead atoms. The Labute approximate surface area is 166 Å². The Balaban J connectivity index is 1.53. The third kappa shape index (κ3) is 4.48. The van der Waals surface area contributed by atoms with E-state index < -0.39 is 30.2 Å². The highest BCUT2D eigenvalue weighted by atomic mass is 35.5. The molecule has 1 aliphatic heterocycles. The Hall–Kier alpha value is -2.93. The first-order chi connectivity index (χ1) is 13.3. The van der Waals surface area contributed by atoms with Crippen LogP contribution in [0.15, 0.2) is 42.5 Å². The van der Waals surface area contributed by atoms with Crippen molar-refractivity contribution in [2.45, 2.75) is 13.3 Å². The molecule has 1 fully saturated rings. The minimum Gasteiger partial charge on any atom is -0.455 e. The zero-order valence-electron chi connectivity index (χ0n) is 15.1. The first-order valence-electron chi connectivity index (χ1n) is 8.62. The van der Waals surface area contributed by atoms with Crippen LogP contribution in [0.25, 0.3) is 0 Å². The summed E-state index contributed by atoms with van der Waals surface area (Å²) in [4.78, 5) is 37.8. The van der Waals surface area contributed by atoms with Crippen molar-refractivity contribution in [1.29, 1.82) is 0 Å². The van der Waals surface area contributed by atoms with Crippen LogP contribution in [0.2, 0.25) is 5.02 Å². The van der Waals surface area contributed by atoms with E-state index in [9.17, 15) is 18.8 Å². The summed E-state index contributed by atoms with van der Waals surface area (Å²) in [6.07, 6.45) is -0.0226. The minimum absolute atomic E-state index is 0.0226. The second-order valence-corrected chi connectivity index (χ2v) is 6.86. The molecule has 146 valence electrons. The molecule has 1 aliphatic rings. The minimum atomic E-state index is -0.682. The van der Waals surface area contributed by atoms with Crippen LogP contribution in [0, 0.1) is 18.7 Å². The molecule has 1 saturated heterocycles. The lowest BCUT2D eigenvalue weighted by atomic mass is 10.1. The SMILES string of the molecule is Cc1c(Cl)cccc1NC(=O)COC(=O)[C@@H]1CC(=O)N(c2ccc(F)cc2)C1. The Kier molecular flexibility index (Phi) is 5.94. The Morgan fingerprint density at radius 1 is 1.25 bits per heavy atom. The fourth-order valence-corrected chi connectivity index (χ4v) is 3.09. The van der Waals surface area contributed by atoms with Gasteiger partial charge in [-0.05, 0) is 48.9 Å². The summed E-state index contributed by atoms with van der Waals surface area (Å²) in [5.41, 5.74) is 1.75. The van der Waals surface area contributed by atoms with E-state index in [4.69, 9.17) is 16.3 Å². The normalized spacial score (nSPS) is 16.2. The summed E-state index contributed by atoms with van der Waals surface area (Å²) in [5.74, 6) is -2.48. The smallest absolute Gasteiger partial charge is 0.311 e. The molecule has 8 heteroatoms. The molecule has 3 rings (SSSR count). The van der Waals surface area contributed by atoms with E-state index in [-0.39, 0.29) is 18.9 Å². The van der Waals surface area contributed by atoms with Crippen LogP contribution >= 0.6 is 11.6 Å². The molecule has 2 aromatic rings. The van der Waals surface area contributed by atoms with Gasteiger partial charge in [-0.15, -0.1) is 0 Å². The molecule has 2 aromatic carbocycles. The van der Waals surface area contributed by atoms with E-state index in [1.54, 1.807) is 25.1 Å². The third-order valence-electron chi connectivity index (χ3n) is 4.48. The van der Waals surface area contributed by atoms with Crippen LogP contribution in [0.5, 0.6) is 0 Å². The zero-order valence-corrected chi connectivity index (χ0v) is 15.8. The van der Waals surface area contributed by atoms with Crippen LogP contribution in [-0.2, 0) is 19.1 Å². The van der Waals surface area contributed by atoms with E-state index in [2.05, 4.69) is 5.32 Å². The molecule has 0 spiro atoms. The number of anilines is 2. The molecule has 0 radical (unpaired) electrons. The molecule has 0 aromatic heterocycles. The van der Waals surface area contributed by atoms with Gasteiger partial charge in [0.05, 0.1) is 5.92 Å². The number of hydrogen-bond acceptors (Lipinski definition) is 4. The molecular weight excluding hydrogens is 387 g/mol. The molecule has 0 unspecified atom stereocenters. The predicted molar refractivity (Wildman–Crippen MR) is 103 cm³/mol. The van der Waals surface area contributed by atoms with E-state index in [0.717, 1.165) is 0 Å². The number of esters is 1. The lowest BCUT2D eigenvalue weighted by molar-refractivity contribution is -0.151. The number of carbonyl (C=O) groups is 3. The van der Waals surface area contributed by atoms with Crippen molar-refractivity contribution >= 4 is 40.8 Å². The van der Waals surface area contributed by atoms with Crippen molar-refractivity contribution < 1.29 is 23.5 Å². The fraction of sp³-hybridized carbons (Fsp3) is 0.250. The standard InChI is InChI=1S/C20H18ClFN2O4/c1-12-16(21)3-2-4-17(12)23-18(25)11-28-20(27)13-9-19(26)24(10-13)15-7-5-14(22)6-8-15/h2-8,13H,9-11H2,1H3,(H,23,25)/t13-/m1/s1. The lowest BCUT2D eigenvalue weighted by Gasteiger charge is -2.16. The highest BCUT2D eigenvalue weighted by Crippen LogP contribution is 2.26. The monoisotopic (exact) mass is 404 g/mol. The van der Waals surface area contributed by atoms with Crippen LogP contribution in [0.3, 0.4) is 0 Å². The Morgan fingerprint density at radius 3 is 2.68 bits per heavy atom. The van der Waals surface area contributed by atoms with Crippen molar-refractivity contribution in [2.75, 3.05) is 23.4 Å². The van der Waals surface area contributed by atoms with Gasteiger partial charge in [-0.3, -0.25) is 14.4 Å². The first-order valence-corrected chi connectivity index (χ1v) is 9.00. The number of benzene rings is 2. The molecule has 2 amide bonds. The summed E-state index contributed by atoms with van der Waals surface area (Å²) in [6, 6.07) is 10.5. The van der Waals surface area contributed by atoms with E-state index in [1.807, 2.05) is 0 Å². The number of carbonyl (C=O) groups excluding carboxylic acids is 3. The van der Waals surface area contributed by atoms with Gasteiger partial charge in [0.15, 0.2) is 6.61 Å². The number of amides is 2. The molecule has 28 heavy (non-hydrogen) atoms. The molecule has 0 saturated carbocycles. The number of nitrogens with one attached hydrogen (secondary N) is 1. The van der Waals surface area contributed by atoms with Crippen LogP contribution in [0.4, 0.5) is 15.8 Å². The number of ether oxygens (including phenoxy) is 1. The second kappa shape index (κ2) is 8.39. The van der Waals surface area contributed by atoms with Gasteiger partial charge in [0.1, 0.15) is 5.82 Å². The maximum atomic E-state index is 13.0. The summed E-state index contributed by atoms with van der Waals surface area (Å²) in [5, 5.41) is 3.15. The number of halogens is 2. The van der Waals surface area contributed by atoms with Crippen LogP contribution < -0.4 is 10.2 Å². The van der Waals surface area contributed by atoms with Gasteiger partial charge < -0.3 is 15.0 Å². The lowest BCUT2D eigenvalue weighted by Crippen LogP contribution is -2.28. The molecule has 1 N–H and O–H groups in total. The third-order valence-corrected chi connectivity index (χ3v) is 4.89. The summed E-state index contributed by atoms with van der Waals surface area (Å²) < 4.78 is 18.1. The van der Waals surface area contributed by atoms with Gasteiger partial charge in [0.25, 0.3) is 5.91 Å². The maximum absolute atomic E-state index is 13.0. The molecule has 1 atom stereocenters. The fourth-order valence-electron chi connectivity index (χ4n) is 2.92. The first kappa shape index (κ1) is 19.8. The average Bonchev–Trinajstić information content (AvgIpc) is 3.06. The molecule has 0 aliphatic carbocycles. The van der Waals surface area contributed by atoms with Crippen molar-refractivity contribution in [3.05, 3.63) is 58.9 Å². The molecule has 6 nitrogen and oxygen atoms in total. The number of hydrogen-bond donors (Lipinski definition) is 1. The zero-order chi connectivity index (χ0) is 20.3. The van der Waals surface area contributed by atoms with Crippen LogP contribution in [0.1, 0.15) is 12.0 Å². The summed E-state index contributed by atoms with van der Waals surface area (Å²) >= 11 is 6.00. The maximum Gasteiger partial charge on any atom is 0.311 e. The van der Waals surface area contributed by atoms with Crippen molar-refractivity contribution in [3.8, 4) is 0 Å². The van der Waals surface area contributed by atoms with Crippen LogP contribution in [-0.4, -0.2) is 30.9 Å². The second-order valence-electron chi connectivity index (χ2n) is 6.45. The Bertz CT molecular complexity index is 917. The summed E-state index contributed by atoms with van der Waals surface area (Å²) in [6.45, 7) is 1.42. The molecule has 1 heterocycles. The van der Waals surface area contributed by atoms with E-state index in [0.29, 0.717) is 22.0 Å². The summed E-state index contributed by atoms with van der Waals surface area (Å²) in [7, 11) is 0. The van der Waals surface area contributed by atoms with Gasteiger partial charge >= 0.3 is 5.97 Å². The number of rotatable bonds is 5. The van der Waals surface area contributed by atoms with Gasteiger partial charge in [0.2, 0.25) is 5.91 Å². The van der Waals surface area contributed by atoms with Gasteiger partial charge in [-0.1, -0.05) is 17.7 Å². The average molecular weight is 405 g/mol. The van der Waals surface area contributed by atoms with Gasteiger partial charge in [-0.25, -0.2) is 4.39 Å². The largest absolute Gasteiger partial charge is 0.455 e. The highest BCUT2D eigenvalue weighted by molar-refractivity contribution is 6.31. The number of nitrogens with zero attached hydrogens (tertiary/aromatic N) is 1. The van der Waals surface area contributed by atoms with Crippen molar-refractivity contribution in [2.24, 2.45) is 5.92 Å². The van der Waals surface area contributed by atoms with E-state index >= 15 is 0 Å².